The number of thiophene rings is 1. The van der Waals surface area contributed by atoms with Crippen molar-refractivity contribution in [2.24, 2.45) is 10.8 Å². The number of hydrogen-bond acceptors (Lipinski definition) is 12. The maximum absolute atomic E-state index is 16.3. The number of piperidine rings is 1. The smallest absolute Gasteiger partial charge is 0.409 e. The molecule has 0 bridgehead atoms. The molecule has 2 unspecified atom stereocenters. The van der Waals surface area contributed by atoms with Crippen LogP contribution in [0.2, 0.25) is 0 Å². The summed E-state index contributed by atoms with van der Waals surface area (Å²) in [6, 6.07) is 3.30. The van der Waals surface area contributed by atoms with Crippen molar-refractivity contribution in [2.75, 3.05) is 26.7 Å². The lowest BCUT2D eigenvalue weighted by Gasteiger charge is -2.48. The molecule has 5 heterocycles. The Hall–Kier alpha value is -3.80. The van der Waals surface area contributed by atoms with Crippen LogP contribution in [-0.4, -0.2) is 99.2 Å². The second-order valence-corrected chi connectivity index (χ2v) is 20.7. The Morgan fingerprint density at radius 2 is 1.68 bits per heavy atom. The van der Waals surface area contributed by atoms with Gasteiger partial charge in [0.25, 0.3) is 5.91 Å². The second kappa shape index (κ2) is 17.7. The van der Waals surface area contributed by atoms with Crippen LogP contribution in [0.5, 0.6) is 0 Å². The van der Waals surface area contributed by atoms with Crippen molar-refractivity contribution in [3.63, 3.8) is 0 Å². The first-order chi connectivity index (χ1) is 27.7. The third kappa shape index (κ3) is 9.89. The first kappa shape index (κ1) is 44.7. The number of alkyl halides is 2. The van der Waals surface area contributed by atoms with E-state index >= 15 is 8.78 Å². The van der Waals surface area contributed by atoms with Gasteiger partial charge in [0.05, 0.1) is 22.7 Å². The first-order valence-corrected chi connectivity index (χ1v) is 22.2. The minimum absolute atomic E-state index is 0.0940. The van der Waals surface area contributed by atoms with E-state index in [0.29, 0.717) is 37.1 Å². The summed E-state index contributed by atoms with van der Waals surface area (Å²) in [5, 5.41) is 13.3. The van der Waals surface area contributed by atoms with E-state index in [2.05, 4.69) is 10.3 Å². The van der Waals surface area contributed by atoms with Gasteiger partial charge in [0.15, 0.2) is 13.1 Å². The Kier molecular flexibility index (Phi) is 13.4. The number of amides is 3. The van der Waals surface area contributed by atoms with Crippen LogP contribution in [0.1, 0.15) is 108 Å². The molecule has 0 spiro atoms. The predicted molar refractivity (Wildman–Crippen MR) is 213 cm³/mol. The van der Waals surface area contributed by atoms with Gasteiger partial charge in [-0.15, -0.1) is 11.3 Å². The molecule has 3 saturated heterocycles. The molecular weight excluding hydrogens is 812 g/mol. The van der Waals surface area contributed by atoms with E-state index in [0.717, 1.165) is 49.2 Å². The van der Waals surface area contributed by atoms with E-state index in [1.165, 1.54) is 32.9 Å². The molecule has 3 fully saturated rings. The fourth-order valence-corrected chi connectivity index (χ4v) is 9.53. The molecule has 19 heteroatoms. The fraction of sp³-hybridized carbons (Fsp3) is 0.625. The number of nitrogens with zero attached hydrogens (tertiary/aromatic N) is 4. The average Bonchev–Trinajstić information content (AvgIpc) is 3.84. The molecule has 0 saturated carbocycles. The molecule has 3 aliphatic rings. The highest BCUT2D eigenvalue weighted by atomic mass is 32.1. The molecule has 0 radical (unpaired) electrons. The number of benzene rings is 1. The van der Waals surface area contributed by atoms with Gasteiger partial charge in [0, 0.05) is 47.2 Å². The van der Waals surface area contributed by atoms with Gasteiger partial charge < -0.3 is 34.3 Å². The molecule has 3 amide bonds. The average molecular weight is 866 g/mol. The minimum atomic E-state index is -5.53. The predicted octanol–water partition coefficient (Wildman–Crippen LogP) is 6.76. The number of hydrogen-bond donors (Lipinski definition) is 2. The molecule has 3 aromatic rings. The van der Waals surface area contributed by atoms with Gasteiger partial charge in [-0.1, -0.05) is 39.7 Å². The van der Waals surface area contributed by atoms with Gasteiger partial charge in [-0.05, 0) is 76.5 Å². The van der Waals surface area contributed by atoms with Crippen LogP contribution in [0.4, 0.5) is 8.78 Å². The van der Waals surface area contributed by atoms with Crippen molar-refractivity contribution in [2.45, 2.75) is 123 Å². The lowest BCUT2D eigenvalue weighted by molar-refractivity contribution is -0.195. The number of aliphatic hydroxyl groups excluding tert-OH is 1. The molecule has 2 N–H and O–H groups in total. The van der Waals surface area contributed by atoms with Crippen LogP contribution in [-0.2, 0) is 43.1 Å². The molecule has 6 rings (SSSR count). The minimum Gasteiger partial charge on any atom is -0.438 e. The van der Waals surface area contributed by atoms with Crippen LogP contribution < -0.4 is 5.32 Å². The third-order valence-electron chi connectivity index (χ3n) is 10.9. The van der Waals surface area contributed by atoms with Gasteiger partial charge in [-0.2, -0.15) is 8.78 Å². The quantitative estimate of drug-likeness (QED) is 0.105. The van der Waals surface area contributed by atoms with Crippen LogP contribution in [0.25, 0.3) is 10.1 Å². The number of likely N-dealkylation sites (tertiary alicyclic amines) is 1. The highest BCUT2D eigenvalue weighted by Crippen LogP contribution is 2.67. The summed E-state index contributed by atoms with van der Waals surface area (Å²) in [6.45, 7) is 8.40. The number of imidazole rings is 1. The Balaban J connectivity index is 1.17. The van der Waals surface area contributed by atoms with Crippen LogP contribution >= 0.6 is 18.9 Å². The molecule has 0 aliphatic carbocycles. The molecule has 1 aromatic carbocycles. The highest BCUT2D eigenvalue weighted by Gasteiger charge is 2.56. The van der Waals surface area contributed by atoms with Crippen molar-refractivity contribution in [1.82, 2.24) is 24.7 Å². The van der Waals surface area contributed by atoms with E-state index in [9.17, 15) is 28.8 Å². The number of aliphatic hydroxyl groups is 1. The number of carbonyl (C=O) groups is 4. The Labute approximate surface area is 346 Å². The number of fused-ring (bicyclic) bond motifs is 2. The zero-order chi connectivity index (χ0) is 42.9. The van der Waals surface area contributed by atoms with Crippen molar-refractivity contribution >= 4 is 52.7 Å². The standard InChI is InChI=1S/C40H54F2N5O10PS/c1-38(2,3)36(51)54-23-56-58(53,57-24-55-37(52)39(4,5)6)40(41,42)26-14-15-31-25(18-26)19-32(59-31)33(48)44-29-12-8-7-10-27-11-9-13-30(47(27)34(29)49)35(50)46-20-28(21-46)45-17-16-43-22-45/h14-19,22,27-30,36,51H,7-13,20-21,23-24H2,1-6H3,(H,44,48)/t27-,29-,30-,36?,58?/m0/s1. The molecule has 2 aromatic heterocycles. The third-order valence-corrected chi connectivity index (χ3v) is 13.9. The van der Waals surface area contributed by atoms with E-state index in [1.54, 1.807) is 43.1 Å². The molecule has 3 aliphatic heterocycles. The van der Waals surface area contributed by atoms with Crippen LogP contribution in [0, 0.1) is 10.8 Å². The zero-order valence-corrected chi connectivity index (χ0v) is 35.9. The van der Waals surface area contributed by atoms with Gasteiger partial charge in [0.1, 0.15) is 12.1 Å². The van der Waals surface area contributed by atoms with Gasteiger partial charge >= 0.3 is 19.2 Å². The first-order valence-electron chi connectivity index (χ1n) is 19.9. The van der Waals surface area contributed by atoms with Crippen molar-refractivity contribution in [3.8, 4) is 0 Å². The lowest BCUT2D eigenvalue weighted by Crippen LogP contribution is -2.64. The number of ether oxygens (including phenoxy) is 2. The topological polar surface area (TPSA) is 179 Å². The summed E-state index contributed by atoms with van der Waals surface area (Å²) in [5.74, 6) is -1.77. The molecule has 15 nitrogen and oxygen atoms in total. The maximum Gasteiger partial charge on any atom is 0.409 e. The van der Waals surface area contributed by atoms with Crippen LogP contribution in [0.15, 0.2) is 43.0 Å². The summed E-state index contributed by atoms with van der Waals surface area (Å²) in [7, 11) is -5.53. The number of aromatic nitrogens is 2. The van der Waals surface area contributed by atoms with E-state index < -0.39 is 73.5 Å². The van der Waals surface area contributed by atoms with Crippen LogP contribution in [0.3, 0.4) is 0 Å². The van der Waals surface area contributed by atoms with Crippen molar-refractivity contribution in [1.29, 1.82) is 0 Å². The van der Waals surface area contributed by atoms with E-state index in [-0.39, 0.29) is 34.2 Å². The molecular formula is C40H54F2N5O10PS. The van der Waals surface area contributed by atoms with E-state index in [4.69, 9.17) is 18.5 Å². The molecule has 324 valence electrons. The van der Waals surface area contributed by atoms with Crippen molar-refractivity contribution in [3.05, 3.63) is 53.4 Å². The number of nitrogens with one attached hydrogen (secondary N) is 1. The number of rotatable bonds is 13. The Morgan fingerprint density at radius 1 is 0.983 bits per heavy atom. The summed E-state index contributed by atoms with van der Waals surface area (Å²) in [4.78, 5) is 61.9. The Morgan fingerprint density at radius 3 is 2.36 bits per heavy atom. The summed E-state index contributed by atoms with van der Waals surface area (Å²) < 4.78 is 69.0. The Bertz CT molecular complexity index is 2050. The normalized spacial score (nSPS) is 22.5. The van der Waals surface area contributed by atoms with Gasteiger partial charge in [-0.3, -0.25) is 32.8 Å². The largest absolute Gasteiger partial charge is 0.438 e. The highest BCUT2D eigenvalue weighted by molar-refractivity contribution is 7.54. The second-order valence-electron chi connectivity index (χ2n) is 17.5. The SMILES string of the molecule is CC(C)(C)C(=O)OCOP(=O)(OCOC(O)C(C)(C)C)C(F)(F)c1ccc2sc(C(=O)N[C@H]3CCCC[C@H]4CCC[C@@H](C(=O)N5CC(n6ccnc6)C5)N4C3=O)cc2c1. The van der Waals surface area contributed by atoms with Crippen molar-refractivity contribution < 1.29 is 56.2 Å². The monoisotopic (exact) mass is 865 g/mol. The summed E-state index contributed by atoms with van der Waals surface area (Å²) in [6.07, 6.45) is 8.61. The number of esters is 1. The lowest BCUT2D eigenvalue weighted by atomic mass is 9.87. The molecule has 5 atom stereocenters. The number of halogens is 2. The van der Waals surface area contributed by atoms with E-state index in [1.807, 2.05) is 10.8 Å². The van der Waals surface area contributed by atoms with Gasteiger partial charge in [-0.25, -0.2) is 4.98 Å². The maximum atomic E-state index is 16.3. The summed E-state index contributed by atoms with van der Waals surface area (Å²) >= 11 is 1.03. The number of carbonyl (C=O) groups excluding carboxylic acids is 4. The zero-order valence-electron chi connectivity index (χ0n) is 34.2. The fourth-order valence-electron chi connectivity index (χ4n) is 7.33. The molecule has 59 heavy (non-hydrogen) atoms. The summed E-state index contributed by atoms with van der Waals surface area (Å²) in [5.41, 5.74) is -6.94. The van der Waals surface area contributed by atoms with Gasteiger partial charge in [0.2, 0.25) is 18.6 Å².